The fourth-order valence-corrected chi connectivity index (χ4v) is 6.52. The van der Waals surface area contributed by atoms with Gasteiger partial charge in [0.25, 0.3) is 5.79 Å². The van der Waals surface area contributed by atoms with Crippen molar-refractivity contribution in [1.29, 1.82) is 0 Å². The van der Waals surface area contributed by atoms with Crippen molar-refractivity contribution >= 4 is 52.5 Å². The topological polar surface area (TPSA) is 210 Å². The summed E-state index contributed by atoms with van der Waals surface area (Å²) in [4.78, 5) is 45.7. The standard InChI is InChI=1S/C33H26N2O8S.C10H10O5/c1-40-25-11-7-21(29(17-25)42-19-30(36)37)15-26-31(22-8-14-27-28(16-22)35-44-34-27)32(38)43-33(26,39)23-9-12-24(13-10-23)41-18-20-5-3-2-4-6-20;1-14-8-3-2-7(5-11)9(4-8)15-6-10(12)13/h2-14,16-17,39H,15,18-19H2,1H3,(H,36,37);2-5H,6H2,1H3,(H,12,13). The largest absolute Gasteiger partial charge is 0.497 e. The maximum atomic E-state index is 13.5. The average molecular weight is 821 g/mol. The number of aromatic nitrogens is 2. The number of methoxy groups -OCH3 is 2. The summed E-state index contributed by atoms with van der Waals surface area (Å²) < 4.78 is 40.9. The van der Waals surface area contributed by atoms with Crippen LogP contribution in [0.1, 0.15) is 32.6 Å². The van der Waals surface area contributed by atoms with Gasteiger partial charge < -0.3 is 43.7 Å². The van der Waals surface area contributed by atoms with Crippen LogP contribution in [0.25, 0.3) is 16.6 Å². The molecule has 0 amide bonds. The molecule has 0 saturated carbocycles. The predicted molar refractivity (Wildman–Crippen MR) is 213 cm³/mol. The van der Waals surface area contributed by atoms with Gasteiger partial charge in [0.05, 0.1) is 37.1 Å². The van der Waals surface area contributed by atoms with Gasteiger partial charge >= 0.3 is 17.9 Å². The van der Waals surface area contributed by atoms with Gasteiger partial charge in [-0.15, -0.1) is 0 Å². The molecule has 59 heavy (non-hydrogen) atoms. The molecule has 302 valence electrons. The van der Waals surface area contributed by atoms with Crippen molar-refractivity contribution in [1.82, 2.24) is 8.75 Å². The van der Waals surface area contributed by atoms with E-state index in [1.807, 2.05) is 30.3 Å². The third-order valence-electron chi connectivity index (χ3n) is 8.88. The van der Waals surface area contributed by atoms with Crippen molar-refractivity contribution in [2.24, 2.45) is 0 Å². The van der Waals surface area contributed by atoms with Gasteiger partial charge in [0.15, 0.2) is 19.5 Å². The SMILES string of the molecule is COc1ccc(C=O)c(OCC(=O)O)c1.COc1ccc(CC2=C(c3ccc4nsnc4c3)C(=O)OC2(O)c2ccc(OCc3ccccc3)cc2)c(OCC(=O)O)c1. The summed E-state index contributed by atoms with van der Waals surface area (Å²) in [7, 11) is 2.95. The Bertz CT molecular complexity index is 2500. The van der Waals surface area contributed by atoms with Gasteiger partial charge in [0.1, 0.15) is 46.4 Å². The molecule has 0 radical (unpaired) electrons. The first kappa shape index (κ1) is 41.3. The fourth-order valence-electron chi connectivity index (χ4n) is 6.00. The molecule has 7 rings (SSSR count). The summed E-state index contributed by atoms with van der Waals surface area (Å²) in [5, 5.41) is 29.8. The van der Waals surface area contributed by atoms with E-state index in [0.29, 0.717) is 57.9 Å². The molecule has 1 aliphatic rings. The zero-order chi connectivity index (χ0) is 41.9. The normalized spacial score (nSPS) is 14.5. The molecule has 2 heterocycles. The average Bonchev–Trinajstić information content (AvgIpc) is 3.83. The number of hydrogen-bond acceptors (Lipinski definition) is 14. The summed E-state index contributed by atoms with van der Waals surface area (Å²) >= 11 is 1.05. The van der Waals surface area contributed by atoms with Crippen LogP contribution in [0.15, 0.2) is 115 Å². The molecule has 0 saturated heterocycles. The second-order valence-corrected chi connectivity index (χ2v) is 13.2. The quantitative estimate of drug-likeness (QED) is 0.0743. The number of fused-ring (bicyclic) bond motifs is 1. The smallest absolute Gasteiger partial charge is 0.342 e. The van der Waals surface area contributed by atoms with Crippen LogP contribution in [0.2, 0.25) is 0 Å². The highest BCUT2D eigenvalue weighted by Gasteiger charge is 2.48. The Labute approximate surface area is 340 Å². The predicted octanol–water partition coefficient (Wildman–Crippen LogP) is 6.11. The van der Waals surface area contributed by atoms with Crippen LogP contribution in [0.4, 0.5) is 0 Å². The van der Waals surface area contributed by atoms with Crippen molar-refractivity contribution in [2.75, 3.05) is 27.4 Å². The first-order chi connectivity index (χ1) is 28.5. The number of nitrogens with zero attached hydrogens (tertiary/aromatic N) is 2. The number of aliphatic hydroxyl groups is 1. The number of cyclic esters (lactones) is 1. The second-order valence-electron chi connectivity index (χ2n) is 12.7. The number of hydrogen-bond donors (Lipinski definition) is 3. The van der Waals surface area contributed by atoms with Crippen molar-refractivity contribution < 1.29 is 62.9 Å². The molecule has 6 aromatic rings. The third-order valence-corrected chi connectivity index (χ3v) is 9.44. The zero-order valence-electron chi connectivity index (χ0n) is 31.5. The molecule has 1 aliphatic heterocycles. The van der Waals surface area contributed by atoms with Crippen molar-refractivity contribution in [3.05, 3.63) is 143 Å². The highest BCUT2D eigenvalue weighted by Crippen LogP contribution is 2.46. The Morgan fingerprint density at radius 2 is 1.37 bits per heavy atom. The Morgan fingerprint density at radius 1 is 0.746 bits per heavy atom. The van der Waals surface area contributed by atoms with Crippen LogP contribution in [-0.2, 0) is 37.9 Å². The van der Waals surface area contributed by atoms with E-state index >= 15 is 0 Å². The van der Waals surface area contributed by atoms with E-state index in [0.717, 1.165) is 17.3 Å². The highest BCUT2D eigenvalue weighted by atomic mass is 32.1. The molecule has 0 fully saturated rings. The van der Waals surface area contributed by atoms with Gasteiger partial charge in [-0.1, -0.05) is 42.5 Å². The summed E-state index contributed by atoms with van der Waals surface area (Å²) in [6.07, 6.45) is 0.576. The number of aliphatic carboxylic acids is 2. The number of carbonyl (C=O) groups is 4. The Morgan fingerprint density at radius 3 is 2.03 bits per heavy atom. The highest BCUT2D eigenvalue weighted by molar-refractivity contribution is 7.00. The summed E-state index contributed by atoms with van der Waals surface area (Å²) in [5.74, 6) is -3.19. The molecule has 3 N–H and O–H groups in total. The molecular weight excluding hydrogens is 785 g/mol. The number of benzene rings is 5. The van der Waals surface area contributed by atoms with E-state index in [4.69, 9.17) is 33.5 Å². The maximum absolute atomic E-state index is 13.5. The fraction of sp³-hybridized carbons (Fsp3) is 0.163. The summed E-state index contributed by atoms with van der Waals surface area (Å²) in [6, 6.07) is 31.1. The minimum Gasteiger partial charge on any atom is -0.497 e. The van der Waals surface area contributed by atoms with E-state index in [1.165, 1.54) is 26.4 Å². The lowest BCUT2D eigenvalue weighted by Gasteiger charge is -2.26. The minimum atomic E-state index is -2.15. The van der Waals surface area contributed by atoms with Gasteiger partial charge in [-0.25, -0.2) is 14.4 Å². The molecular formula is C43H36N2O13S. The molecule has 0 bridgehead atoms. The van der Waals surface area contributed by atoms with Gasteiger partial charge in [-0.05, 0) is 71.3 Å². The Balaban J connectivity index is 0.000000330. The van der Waals surface area contributed by atoms with E-state index in [2.05, 4.69) is 8.75 Å². The monoisotopic (exact) mass is 820 g/mol. The summed E-state index contributed by atoms with van der Waals surface area (Å²) in [6.45, 7) is -0.725. The number of ether oxygens (including phenoxy) is 6. The van der Waals surface area contributed by atoms with Crippen LogP contribution in [0.5, 0.6) is 28.7 Å². The molecule has 16 heteroatoms. The van der Waals surface area contributed by atoms with Crippen molar-refractivity contribution in [2.45, 2.75) is 18.8 Å². The zero-order valence-corrected chi connectivity index (χ0v) is 32.3. The number of carboxylic acids is 2. The number of aldehydes is 1. The molecule has 1 atom stereocenters. The van der Waals surface area contributed by atoms with E-state index in [-0.39, 0.29) is 34.6 Å². The van der Waals surface area contributed by atoms with E-state index in [9.17, 15) is 29.4 Å². The first-order valence-electron chi connectivity index (χ1n) is 17.7. The van der Waals surface area contributed by atoms with Crippen LogP contribution in [0.3, 0.4) is 0 Å². The van der Waals surface area contributed by atoms with Crippen molar-refractivity contribution in [3.8, 4) is 28.7 Å². The second kappa shape index (κ2) is 18.8. The van der Waals surface area contributed by atoms with Crippen LogP contribution < -0.4 is 23.7 Å². The van der Waals surface area contributed by atoms with Gasteiger partial charge in [-0.2, -0.15) is 8.75 Å². The number of rotatable bonds is 16. The number of esters is 1. The van der Waals surface area contributed by atoms with Crippen LogP contribution in [0, 0.1) is 0 Å². The lowest BCUT2D eigenvalue weighted by Crippen LogP contribution is -2.29. The number of carbonyl (C=O) groups excluding carboxylic acids is 2. The maximum Gasteiger partial charge on any atom is 0.342 e. The molecule has 1 aromatic heterocycles. The lowest BCUT2D eigenvalue weighted by molar-refractivity contribution is -0.185. The minimum absolute atomic E-state index is 0.0177. The van der Waals surface area contributed by atoms with Crippen LogP contribution in [-0.4, -0.2) is 75.7 Å². The lowest BCUT2D eigenvalue weighted by atomic mass is 9.87. The van der Waals surface area contributed by atoms with E-state index < -0.39 is 36.9 Å². The molecule has 0 aliphatic carbocycles. The van der Waals surface area contributed by atoms with Crippen molar-refractivity contribution in [3.63, 3.8) is 0 Å². The molecule has 1 unspecified atom stereocenters. The van der Waals surface area contributed by atoms with Crippen LogP contribution >= 0.6 is 11.7 Å². The summed E-state index contributed by atoms with van der Waals surface area (Å²) in [5.41, 5.74) is 4.27. The Kier molecular flexibility index (Phi) is 13.1. The molecule has 5 aromatic carbocycles. The number of carboxylic acid groups (broad SMARTS) is 2. The van der Waals surface area contributed by atoms with Gasteiger partial charge in [-0.3, -0.25) is 4.79 Å². The van der Waals surface area contributed by atoms with Gasteiger partial charge in [0.2, 0.25) is 0 Å². The molecule has 15 nitrogen and oxygen atoms in total. The van der Waals surface area contributed by atoms with Gasteiger partial charge in [0, 0.05) is 29.7 Å². The Hall–Kier alpha value is -7.30. The third kappa shape index (κ3) is 9.99. The first-order valence-corrected chi connectivity index (χ1v) is 18.4. The molecule has 0 spiro atoms. The van der Waals surface area contributed by atoms with E-state index in [1.54, 1.807) is 66.7 Å².